The third kappa shape index (κ3) is 4.79. The molecule has 0 fully saturated rings. The molecule has 0 unspecified atom stereocenters. The maximum atomic E-state index is 12.6. The number of rotatable bonds is 7. The standard InChI is InChI=1S/C28H25N3O3S2/c1-28(2,36(3,32)33)23-16-22-13-8-14-29-25(22)24(17-23)21-12-7-9-19(15-21)18-35-27-31-30-26(34-27)20-10-5-4-6-11-20/h4-17H,18H2,1-3H3. The van der Waals surface area contributed by atoms with Crippen molar-refractivity contribution >= 4 is 32.5 Å². The molecule has 0 bridgehead atoms. The molecule has 5 rings (SSSR count). The first kappa shape index (κ1) is 24.2. The maximum Gasteiger partial charge on any atom is 0.277 e. The van der Waals surface area contributed by atoms with Crippen LogP contribution in [0.4, 0.5) is 0 Å². The Kier molecular flexibility index (Phi) is 6.40. The van der Waals surface area contributed by atoms with E-state index in [1.54, 1.807) is 20.0 Å². The summed E-state index contributed by atoms with van der Waals surface area (Å²) in [6, 6.07) is 25.5. The highest BCUT2D eigenvalue weighted by molar-refractivity contribution is 7.98. The first-order chi connectivity index (χ1) is 17.2. The molecule has 0 amide bonds. The van der Waals surface area contributed by atoms with Crippen molar-refractivity contribution in [1.82, 2.24) is 15.2 Å². The van der Waals surface area contributed by atoms with Gasteiger partial charge in [0.1, 0.15) is 0 Å². The fourth-order valence-corrected chi connectivity index (χ4v) is 5.17. The zero-order valence-electron chi connectivity index (χ0n) is 20.2. The SMILES string of the molecule is CC(C)(c1cc(-c2cccc(CSc3nnc(-c4ccccc4)o3)c2)c2ncccc2c1)S(C)(=O)=O. The van der Waals surface area contributed by atoms with Crippen molar-refractivity contribution in [3.8, 4) is 22.6 Å². The van der Waals surface area contributed by atoms with Crippen LogP contribution in [0.3, 0.4) is 0 Å². The van der Waals surface area contributed by atoms with Gasteiger partial charge in [-0.25, -0.2) is 8.42 Å². The first-order valence-electron chi connectivity index (χ1n) is 11.4. The van der Waals surface area contributed by atoms with E-state index in [9.17, 15) is 8.42 Å². The molecule has 0 saturated heterocycles. The Labute approximate surface area is 214 Å². The van der Waals surface area contributed by atoms with Gasteiger partial charge in [0.05, 0.1) is 10.3 Å². The van der Waals surface area contributed by atoms with E-state index in [1.807, 2.05) is 72.8 Å². The number of hydrogen-bond acceptors (Lipinski definition) is 7. The Balaban J connectivity index is 1.46. The second-order valence-corrected chi connectivity index (χ2v) is 12.6. The second-order valence-electron chi connectivity index (χ2n) is 9.11. The van der Waals surface area contributed by atoms with Gasteiger partial charge in [-0.3, -0.25) is 4.98 Å². The first-order valence-corrected chi connectivity index (χ1v) is 14.3. The number of benzene rings is 3. The lowest BCUT2D eigenvalue weighted by Gasteiger charge is -2.24. The van der Waals surface area contributed by atoms with Crippen molar-refractivity contribution in [2.24, 2.45) is 0 Å². The van der Waals surface area contributed by atoms with Crippen molar-refractivity contribution in [3.63, 3.8) is 0 Å². The summed E-state index contributed by atoms with van der Waals surface area (Å²) in [5.74, 6) is 1.14. The van der Waals surface area contributed by atoms with Crippen molar-refractivity contribution in [2.75, 3.05) is 6.26 Å². The minimum Gasteiger partial charge on any atom is -0.411 e. The maximum absolute atomic E-state index is 12.6. The summed E-state index contributed by atoms with van der Waals surface area (Å²) in [6.07, 6.45) is 3.03. The van der Waals surface area contributed by atoms with Gasteiger partial charge in [0, 0.05) is 34.7 Å². The second kappa shape index (κ2) is 9.52. The van der Waals surface area contributed by atoms with E-state index in [0.29, 0.717) is 16.9 Å². The number of pyridine rings is 1. The van der Waals surface area contributed by atoms with Crippen LogP contribution in [-0.4, -0.2) is 29.9 Å². The van der Waals surface area contributed by atoms with Crippen LogP contribution in [0.2, 0.25) is 0 Å². The Morgan fingerprint density at radius 2 is 1.67 bits per heavy atom. The molecule has 0 radical (unpaired) electrons. The van der Waals surface area contributed by atoms with Gasteiger partial charge in [0.25, 0.3) is 5.22 Å². The predicted molar refractivity (Wildman–Crippen MR) is 144 cm³/mol. The van der Waals surface area contributed by atoms with Crippen LogP contribution >= 0.6 is 11.8 Å². The molecule has 0 atom stereocenters. The molecule has 3 aromatic carbocycles. The summed E-state index contributed by atoms with van der Waals surface area (Å²) >= 11 is 1.47. The summed E-state index contributed by atoms with van der Waals surface area (Å²) in [5, 5.41) is 9.73. The summed E-state index contributed by atoms with van der Waals surface area (Å²) < 4.78 is 29.9. The van der Waals surface area contributed by atoms with Crippen LogP contribution in [-0.2, 0) is 20.3 Å². The van der Waals surface area contributed by atoms with Crippen LogP contribution in [0.1, 0.15) is 25.0 Å². The number of hydrogen-bond donors (Lipinski definition) is 0. The fourth-order valence-electron chi connectivity index (χ4n) is 3.91. The van der Waals surface area contributed by atoms with E-state index in [0.717, 1.165) is 38.7 Å². The van der Waals surface area contributed by atoms with Crippen LogP contribution in [0.15, 0.2) is 94.7 Å². The van der Waals surface area contributed by atoms with Crippen LogP contribution in [0, 0.1) is 0 Å². The highest BCUT2D eigenvalue weighted by atomic mass is 32.2. The number of fused-ring (bicyclic) bond motifs is 1. The Bertz CT molecular complexity index is 1650. The van der Waals surface area contributed by atoms with E-state index in [4.69, 9.17) is 4.42 Å². The van der Waals surface area contributed by atoms with E-state index < -0.39 is 14.6 Å². The lowest BCUT2D eigenvalue weighted by atomic mass is 9.93. The predicted octanol–water partition coefficient (Wildman–Crippen LogP) is 6.52. The van der Waals surface area contributed by atoms with E-state index in [1.165, 1.54) is 18.0 Å². The number of thioether (sulfide) groups is 1. The number of sulfone groups is 1. The van der Waals surface area contributed by atoms with Gasteiger partial charge in [0.15, 0.2) is 9.84 Å². The van der Waals surface area contributed by atoms with Gasteiger partial charge in [-0.15, -0.1) is 10.2 Å². The topological polar surface area (TPSA) is 85.9 Å². The molecule has 0 aliphatic rings. The molecule has 0 N–H and O–H groups in total. The van der Waals surface area contributed by atoms with Crippen LogP contribution in [0.25, 0.3) is 33.5 Å². The van der Waals surface area contributed by atoms with Crippen molar-refractivity contribution in [3.05, 3.63) is 96.2 Å². The lowest BCUT2D eigenvalue weighted by molar-refractivity contribution is 0.466. The molecule has 8 heteroatoms. The van der Waals surface area contributed by atoms with E-state index in [-0.39, 0.29) is 0 Å². The Hall–Kier alpha value is -3.49. The van der Waals surface area contributed by atoms with Gasteiger partial charge in [-0.2, -0.15) is 0 Å². The molecular weight excluding hydrogens is 490 g/mol. The molecule has 0 aliphatic carbocycles. The Morgan fingerprint density at radius 1 is 0.889 bits per heavy atom. The summed E-state index contributed by atoms with van der Waals surface area (Å²) in [6.45, 7) is 3.48. The third-order valence-electron chi connectivity index (χ3n) is 6.35. The van der Waals surface area contributed by atoms with E-state index in [2.05, 4.69) is 21.2 Å². The average molecular weight is 516 g/mol. The highest BCUT2D eigenvalue weighted by Gasteiger charge is 2.33. The van der Waals surface area contributed by atoms with Crippen molar-refractivity contribution in [1.29, 1.82) is 0 Å². The Morgan fingerprint density at radius 3 is 2.44 bits per heavy atom. The summed E-state index contributed by atoms with van der Waals surface area (Å²) in [7, 11) is -3.34. The monoisotopic (exact) mass is 515 g/mol. The number of nitrogens with zero attached hydrogens (tertiary/aromatic N) is 3. The molecule has 5 aromatic rings. The zero-order valence-corrected chi connectivity index (χ0v) is 21.8. The van der Waals surface area contributed by atoms with Gasteiger partial charge in [0.2, 0.25) is 5.89 Å². The van der Waals surface area contributed by atoms with Crippen molar-refractivity contribution in [2.45, 2.75) is 29.6 Å². The van der Waals surface area contributed by atoms with Gasteiger partial charge >= 0.3 is 0 Å². The minimum absolute atomic E-state index is 0.495. The molecular formula is C28H25N3O3S2. The zero-order chi connectivity index (χ0) is 25.3. The van der Waals surface area contributed by atoms with Gasteiger partial charge in [-0.05, 0) is 60.9 Å². The van der Waals surface area contributed by atoms with Crippen LogP contribution < -0.4 is 0 Å². The molecule has 0 aliphatic heterocycles. The summed E-state index contributed by atoms with van der Waals surface area (Å²) in [4.78, 5) is 4.61. The molecule has 2 aromatic heterocycles. The molecule has 2 heterocycles. The van der Waals surface area contributed by atoms with Crippen molar-refractivity contribution < 1.29 is 12.8 Å². The number of aromatic nitrogens is 3. The third-order valence-corrected chi connectivity index (χ3v) is 9.33. The molecule has 0 saturated carbocycles. The molecule has 0 spiro atoms. The highest BCUT2D eigenvalue weighted by Crippen LogP contribution is 2.37. The minimum atomic E-state index is -3.34. The summed E-state index contributed by atoms with van der Waals surface area (Å²) in [5.41, 5.74) is 5.40. The molecule has 36 heavy (non-hydrogen) atoms. The largest absolute Gasteiger partial charge is 0.411 e. The average Bonchev–Trinajstić information content (AvgIpc) is 3.36. The van der Waals surface area contributed by atoms with Crippen LogP contribution in [0.5, 0.6) is 0 Å². The smallest absolute Gasteiger partial charge is 0.277 e. The van der Waals surface area contributed by atoms with E-state index >= 15 is 0 Å². The fraction of sp³-hybridized carbons (Fsp3) is 0.179. The normalized spacial score (nSPS) is 12.2. The van der Waals surface area contributed by atoms with Gasteiger partial charge in [-0.1, -0.05) is 60.3 Å². The molecule has 6 nitrogen and oxygen atoms in total. The quantitative estimate of drug-likeness (QED) is 0.228. The van der Waals surface area contributed by atoms with Gasteiger partial charge < -0.3 is 4.42 Å². The lowest BCUT2D eigenvalue weighted by Crippen LogP contribution is -2.28. The molecule has 182 valence electrons.